The van der Waals surface area contributed by atoms with Crippen LogP contribution in [0.5, 0.6) is 11.5 Å². The SMILES string of the molecule is COc1cc2c(cc1OCc1ccccc1)CCN1CC(CC(C)(C)C)C(O)CC21. The normalized spacial score (nSPS) is 24.1. The first-order chi connectivity index (χ1) is 14.3. The van der Waals surface area contributed by atoms with Crippen LogP contribution in [0.3, 0.4) is 0 Å². The first kappa shape index (κ1) is 21.2. The molecule has 0 saturated carbocycles. The van der Waals surface area contributed by atoms with Crippen LogP contribution in [-0.2, 0) is 13.0 Å². The third-order valence-corrected chi connectivity index (χ3v) is 6.48. The molecule has 4 heteroatoms. The molecule has 2 aromatic carbocycles. The summed E-state index contributed by atoms with van der Waals surface area (Å²) in [6.45, 7) is 9.32. The Bertz CT molecular complexity index is 859. The highest BCUT2D eigenvalue weighted by molar-refractivity contribution is 5.49. The molecule has 0 bridgehead atoms. The Kier molecular flexibility index (Phi) is 6.08. The van der Waals surface area contributed by atoms with Crippen LogP contribution in [0.15, 0.2) is 42.5 Å². The molecule has 3 atom stereocenters. The van der Waals surface area contributed by atoms with Crippen LogP contribution in [0.25, 0.3) is 0 Å². The third-order valence-electron chi connectivity index (χ3n) is 6.48. The zero-order valence-electron chi connectivity index (χ0n) is 18.7. The van der Waals surface area contributed by atoms with Gasteiger partial charge in [0, 0.05) is 19.1 Å². The van der Waals surface area contributed by atoms with Crippen molar-refractivity contribution in [3.63, 3.8) is 0 Å². The van der Waals surface area contributed by atoms with E-state index in [9.17, 15) is 5.11 Å². The summed E-state index contributed by atoms with van der Waals surface area (Å²) >= 11 is 0. The summed E-state index contributed by atoms with van der Waals surface area (Å²) in [5.41, 5.74) is 3.99. The molecular formula is C26H35NO3. The average Bonchev–Trinajstić information content (AvgIpc) is 2.72. The Labute approximate surface area is 180 Å². The number of rotatable bonds is 5. The monoisotopic (exact) mass is 409 g/mol. The van der Waals surface area contributed by atoms with Gasteiger partial charge in [-0.3, -0.25) is 4.90 Å². The zero-order valence-corrected chi connectivity index (χ0v) is 18.7. The Morgan fingerprint density at radius 3 is 2.57 bits per heavy atom. The first-order valence-electron chi connectivity index (χ1n) is 11.1. The second-order valence-corrected chi connectivity index (χ2v) is 10.1. The lowest BCUT2D eigenvalue weighted by Gasteiger charge is -2.47. The molecule has 1 N–H and O–H groups in total. The summed E-state index contributed by atoms with van der Waals surface area (Å²) in [7, 11) is 1.70. The number of hydrogen-bond acceptors (Lipinski definition) is 4. The van der Waals surface area contributed by atoms with Crippen molar-refractivity contribution in [1.29, 1.82) is 0 Å². The van der Waals surface area contributed by atoms with Crippen molar-refractivity contribution < 1.29 is 14.6 Å². The minimum absolute atomic E-state index is 0.236. The molecule has 0 radical (unpaired) electrons. The van der Waals surface area contributed by atoms with Gasteiger partial charge in [-0.2, -0.15) is 0 Å². The van der Waals surface area contributed by atoms with E-state index in [1.807, 2.05) is 18.2 Å². The summed E-state index contributed by atoms with van der Waals surface area (Å²) in [5.74, 6) is 1.92. The van der Waals surface area contributed by atoms with Gasteiger partial charge < -0.3 is 14.6 Å². The number of piperidine rings is 1. The highest BCUT2D eigenvalue weighted by Crippen LogP contribution is 2.44. The van der Waals surface area contributed by atoms with Crippen LogP contribution in [0, 0.1) is 11.3 Å². The Balaban J connectivity index is 1.53. The smallest absolute Gasteiger partial charge is 0.161 e. The van der Waals surface area contributed by atoms with Gasteiger partial charge in [-0.05, 0) is 59.4 Å². The van der Waals surface area contributed by atoms with Crippen molar-refractivity contribution in [1.82, 2.24) is 4.90 Å². The molecule has 30 heavy (non-hydrogen) atoms. The Morgan fingerprint density at radius 2 is 1.87 bits per heavy atom. The fourth-order valence-electron chi connectivity index (χ4n) is 5.09. The summed E-state index contributed by atoms with van der Waals surface area (Å²) in [6.07, 6.45) is 2.60. The van der Waals surface area contributed by atoms with Crippen molar-refractivity contribution in [3.8, 4) is 11.5 Å². The van der Waals surface area contributed by atoms with Crippen LogP contribution in [0.1, 0.15) is 56.3 Å². The van der Waals surface area contributed by atoms with E-state index in [-0.39, 0.29) is 17.6 Å². The predicted octanol–water partition coefficient (Wildman–Crippen LogP) is 4.99. The molecule has 0 aromatic heterocycles. The second-order valence-electron chi connectivity index (χ2n) is 10.1. The van der Waals surface area contributed by atoms with Crippen molar-refractivity contribution in [2.75, 3.05) is 20.2 Å². The van der Waals surface area contributed by atoms with E-state index in [4.69, 9.17) is 9.47 Å². The molecule has 2 heterocycles. The van der Waals surface area contributed by atoms with Gasteiger partial charge in [-0.15, -0.1) is 0 Å². The predicted molar refractivity (Wildman–Crippen MR) is 120 cm³/mol. The van der Waals surface area contributed by atoms with E-state index in [1.165, 1.54) is 11.1 Å². The molecule has 0 amide bonds. The lowest BCUT2D eigenvalue weighted by Crippen LogP contribution is -2.48. The lowest BCUT2D eigenvalue weighted by molar-refractivity contribution is -0.0259. The molecule has 1 fully saturated rings. The minimum Gasteiger partial charge on any atom is -0.493 e. The minimum atomic E-state index is -0.253. The maximum Gasteiger partial charge on any atom is 0.161 e. The van der Waals surface area contributed by atoms with Crippen molar-refractivity contribution in [2.45, 2.75) is 58.8 Å². The molecule has 3 unspecified atom stereocenters. The topological polar surface area (TPSA) is 41.9 Å². The fraction of sp³-hybridized carbons (Fsp3) is 0.538. The van der Waals surface area contributed by atoms with Gasteiger partial charge in [0.15, 0.2) is 11.5 Å². The molecule has 4 nitrogen and oxygen atoms in total. The molecule has 2 aromatic rings. The highest BCUT2D eigenvalue weighted by Gasteiger charge is 2.39. The number of aliphatic hydroxyl groups is 1. The summed E-state index contributed by atoms with van der Waals surface area (Å²) in [4.78, 5) is 2.56. The largest absolute Gasteiger partial charge is 0.493 e. The van der Waals surface area contributed by atoms with Crippen LogP contribution < -0.4 is 9.47 Å². The molecule has 2 aliphatic heterocycles. The van der Waals surface area contributed by atoms with E-state index in [2.05, 4.69) is 49.9 Å². The van der Waals surface area contributed by atoms with Crippen LogP contribution in [-0.4, -0.2) is 36.3 Å². The van der Waals surface area contributed by atoms with Crippen LogP contribution in [0.4, 0.5) is 0 Å². The number of hydrogen-bond donors (Lipinski definition) is 1. The van der Waals surface area contributed by atoms with Gasteiger partial charge >= 0.3 is 0 Å². The van der Waals surface area contributed by atoms with Gasteiger partial charge in [-0.1, -0.05) is 51.1 Å². The van der Waals surface area contributed by atoms with Crippen molar-refractivity contribution in [2.24, 2.45) is 11.3 Å². The molecule has 0 spiro atoms. The third kappa shape index (κ3) is 4.65. The van der Waals surface area contributed by atoms with E-state index in [0.717, 1.165) is 49.4 Å². The molecule has 162 valence electrons. The maximum atomic E-state index is 10.9. The van der Waals surface area contributed by atoms with E-state index < -0.39 is 0 Å². The molecule has 1 saturated heterocycles. The second kappa shape index (κ2) is 8.60. The average molecular weight is 410 g/mol. The first-order valence-corrected chi connectivity index (χ1v) is 11.1. The molecule has 2 aliphatic rings. The highest BCUT2D eigenvalue weighted by atomic mass is 16.5. The van der Waals surface area contributed by atoms with Gasteiger partial charge in [0.1, 0.15) is 6.61 Å². The van der Waals surface area contributed by atoms with Gasteiger partial charge in [0.05, 0.1) is 13.2 Å². The molecule has 0 aliphatic carbocycles. The molecule has 4 rings (SSSR count). The van der Waals surface area contributed by atoms with E-state index >= 15 is 0 Å². The fourth-order valence-corrected chi connectivity index (χ4v) is 5.09. The number of aliphatic hydroxyl groups excluding tert-OH is 1. The van der Waals surface area contributed by atoms with Gasteiger partial charge in [-0.25, -0.2) is 0 Å². The van der Waals surface area contributed by atoms with Crippen molar-refractivity contribution in [3.05, 3.63) is 59.2 Å². The van der Waals surface area contributed by atoms with Crippen LogP contribution in [0.2, 0.25) is 0 Å². The van der Waals surface area contributed by atoms with Crippen molar-refractivity contribution >= 4 is 0 Å². The van der Waals surface area contributed by atoms with Crippen LogP contribution >= 0.6 is 0 Å². The Hall–Kier alpha value is -2.04. The summed E-state index contributed by atoms with van der Waals surface area (Å²) < 4.78 is 11.8. The number of nitrogens with zero attached hydrogens (tertiary/aromatic N) is 1. The number of methoxy groups -OCH3 is 1. The number of ether oxygens (including phenoxy) is 2. The summed E-state index contributed by atoms with van der Waals surface area (Å²) in [6, 6.07) is 14.8. The van der Waals surface area contributed by atoms with Gasteiger partial charge in [0.25, 0.3) is 0 Å². The quantitative estimate of drug-likeness (QED) is 0.755. The Morgan fingerprint density at radius 1 is 1.10 bits per heavy atom. The summed E-state index contributed by atoms with van der Waals surface area (Å²) in [5, 5.41) is 10.9. The lowest BCUT2D eigenvalue weighted by atomic mass is 9.75. The number of benzene rings is 2. The standard InChI is InChI=1S/C26H35NO3/c1-26(2,3)15-20-16-27-11-10-19-12-25(30-17-18-8-6-5-7-9-18)24(29-4)13-21(19)22(27)14-23(20)28/h5-9,12-13,20,22-23,28H,10-11,14-17H2,1-4H3. The maximum absolute atomic E-state index is 10.9. The zero-order chi connectivity index (χ0) is 21.3. The van der Waals surface area contributed by atoms with Gasteiger partial charge in [0.2, 0.25) is 0 Å². The molecular weight excluding hydrogens is 374 g/mol. The number of fused-ring (bicyclic) bond motifs is 3. The van der Waals surface area contributed by atoms with E-state index in [0.29, 0.717) is 12.5 Å². The van der Waals surface area contributed by atoms with E-state index in [1.54, 1.807) is 7.11 Å².